The predicted molar refractivity (Wildman–Crippen MR) is 69.5 cm³/mol. The lowest BCUT2D eigenvalue weighted by Gasteiger charge is -2.12. The Hall–Kier alpha value is -0.730. The van der Waals surface area contributed by atoms with Crippen LogP contribution in [0.4, 0.5) is 0 Å². The molecule has 0 aliphatic rings. The summed E-state index contributed by atoms with van der Waals surface area (Å²) in [6, 6.07) is 6.40. The highest BCUT2D eigenvalue weighted by atomic mass is 35.5. The zero-order chi connectivity index (χ0) is 12.0. The minimum atomic E-state index is 0.567. The van der Waals surface area contributed by atoms with Gasteiger partial charge >= 0.3 is 0 Å². The number of rotatable bonds is 6. The van der Waals surface area contributed by atoms with E-state index in [1.165, 1.54) is 5.56 Å². The second-order valence-electron chi connectivity index (χ2n) is 3.97. The Morgan fingerprint density at radius 3 is 2.75 bits per heavy atom. The lowest BCUT2D eigenvalue weighted by molar-refractivity contribution is 0.414. The normalized spacial score (nSPS) is 12.5. The summed E-state index contributed by atoms with van der Waals surface area (Å²) in [5.41, 5.74) is 1.17. The monoisotopic (exact) mass is 241 g/mol. The largest absolute Gasteiger partial charge is 0.497 e. The molecule has 0 fully saturated rings. The highest BCUT2D eigenvalue weighted by Gasteiger charge is 2.03. The topological polar surface area (TPSA) is 21.3 Å². The third kappa shape index (κ3) is 4.03. The first-order valence-corrected chi connectivity index (χ1v) is 6.11. The molecule has 1 aromatic rings. The smallest absolute Gasteiger partial charge is 0.120 e. The van der Waals surface area contributed by atoms with Crippen LogP contribution in [0.2, 0.25) is 5.02 Å². The van der Waals surface area contributed by atoms with E-state index in [-0.39, 0.29) is 0 Å². The molecule has 1 aromatic carbocycles. The first-order valence-electron chi connectivity index (χ1n) is 5.73. The van der Waals surface area contributed by atoms with Crippen LogP contribution < -0.4 is 10.1 Å². The fourth-order valence-corrected chi connectivity index (χ4v) is 1.72. The van der Waals surface area contributed by atoms with Crippen LogP contribution in [-0.2, 0) is 6.42 Å². The van der Waals surface area contributed by atoms with E-state index in [2.05, 4.69) is 19.2 Å². The van der Waals surface area contributed by atoms with Gasteiger partial charge in [0.05, 0.1) is 7.11 Å². The molecule has 0 heterocycles. The van der Waals surface area contributed by atoms with E-state index in [0.29, 0.717) is 6.04 Å². The van der Waals surface area contributed by atoms with Crippen molar-refractivity contribution in [3.8, 4) is 5.75 Å². The van der Waals surface area contributed by atoms with Crippen LogP contribution in [0, 0.1) is 0 Å². The zero-order valence-corrected chi connectivity index (χ0v) is 11.0. The number of hydrogen-bond donors (Lipinski definition) is 1. The van der Waals surface area contributed by atoms with Gasteiger partial charge < -0.3 is 10.1 Å². The summed E-state index contributed by atoms with van der Waals surface area (Å²) in [5.74, 6) is 0.809. The van der Waals surface area contributed by atoms with Crippen molar-refractivity contribution in [2.75, 3.05) is 13.7 Å². The fraction of sp³-hybridized carbons (Fsp3) is 0.538. The maximum Gasteiger partial charge on any atom is 0.120 e. The molecule has 1 N–H and O–H groups in total. The van der Waals surface area contributed by atoms with E-state index in [1.807, 2.05) is 18.2 Å². The molecular weight excluding hydrogens is 222 g/mol. The van der Waals surface area contributed by atoms with Gasteiger partial charge in [0, 0.05) is 11.1 Å². The Morgan fingerprint density at radius 2 is 2.19 bits per heavy atom. The second kappa shape index (κ2) is 6.77. The minimum absolute atomic E-state index is 0.567. The Kier molecular flexibility index (Phi) is 5.64. The quantitative estimate of drug-likeness (QED) is 0.825. The summed E-state index contributed by atoms with van der Waals surface area (Å²) in [6.45, 7) is 5.33. The van der Waals surface area contributed by atoms with Gasteiger partial charge in [-0.3, -0.25) is 0 Å². The Morgan fingerprint density at radius 1 is 1.44 bits per heavy atom. The fourth-order valence-electron chi connectivity index (χ4n) is 1.46. The van der Waals surface area contributed by atoms with Crippen molar-refractivity contribution in [3.63, 3.8) is 0 Å². The van der Waals surface area contributed by atoms with Gasteiger partial charge in [0.25, 0.3) is 0 Å². The van der Waals surface area contributed by atoms with Crippen LogP contribution in [0.25, 0.3) is 0 Å². The Bertz CT molecular complexity index is 328. The number of nitrogens with one attached hydrogen (secondary N) is 1. The van der Waals surface area contributed by atoms with Crippen molar-refractivity contribution in [3.05, 3.63) is 28.8 Å². The maximum atomic E-state index is 6.15. The first-order chi connectivity index (χ1) is 7.67. The van der Waals surface area contributed by atoms with Gasteiger partial charge in [0.2, 0.25) is 0 Å². The summed E-state index contributed by atoms with van der Waals surface area (Å²) >= 11 is 6.15. The molecule has 0 saturated heterocycles. The molecule has 2 nitrogen and oxygen atoms in total. The molecule has 1 rings (SSSR count). The van der Waals surface area contributed by atoms with Crippen LogP contribution >= 0.6 is 11.6 Å². The zero-order valence-electron chi connectivity index (χ0n) is 10.2. The summed E-state index contributed by atoms with van der Waals surface area (Å²) in [4.78, 5) is 0. The molecule has 90 valence electrons. The van der Waals surface area contributed by atoms with Crippen LogP contribution in [0.1, 0.15) is 25.8 Å². The number of benzene rings is 1. The van der Waals surface area contributed by atoms with E-state index in [1.54, 1.807) is 7.11 Å². The SMILES string of the molecule is CCC(C)NCCc1ccc(OC)cc1Cl. The van der Waals surface area contributed by atoms with E-state index in [0.717, 1.165) is 30.2 Å². The third-order valence-corrected chi connectivity index (χ3v) is 3.11. The van der Waals surface area contributed by atoms with Crippen molar-refractivity contribution >= 4 is 11.6 Å². The van der Waals surface area contributed by atoms with Crippen LogP contribution in [0.15, 0.2) is 18.2 Å². The number of halogens is 1. The molecule has 0 radical (unpaired) electrons. The first kappa shape index (κ1) is 13.3. The average molecular weight is 242 g/mol. The predicted octanol–water partition coefficient (Wildman–Crippen LogP) is 3.28. The van der Waals surface area contributed by atoms with Crippen molar-refractivity contribution in [1.29, 1.82) is 0 Å². The molecule has 16 heavy (non-hydrogen) atoms. The third-order valence-electron chi connectivity index (χ3n) is 2.76. The maximum absolute atomic E-state index is 6.15. The standard InChI is InChI=1S/C13H20ClNO/c1-4-10(2)15-8-7-11-5-6-12(16-3)9-13(11)14/h5-6,9-10,15H,4,7-8H2,1-3H3. The molecule has 0 saturated carbocycles. The molecule has 0 spiro atoms. The summed E-state index contributed by atoms with van der Waals surface area (Å²) in [5, 5.41) is 4.23. The van der Waals surface area contributed by atoms with E-state index >= 15 is 0 Å². The average Bonchev–Trinajstić information content (AvgIpc) is 2.30. The van der Waals surface area contributed by atoms with Crippen molar-refractivity contribution < 1.29 is 4.74 Å². The van der Waals surface area contributed by atoms with Crippen LogP contribution in [0.3, 0.4) is 0 Å². The molecule has 3 heteroatoms. The Labute approximate surface area is 103 Å². The van der Waals surface area contributed by atoms with Gasteiger partial charge in [-0.25, -0.2) is 0 Å². The van der Waals surface area contributed by atoms with E-state index < -0.39 is 0 Å². The molecule has 0 aliphatic heterocycles. The minimum Gasteiger partial charge on any atom is -0.497 e. The van der Waals surface area contributed by atoms with Gasteiger partial charge in [-0.05, 0) is 44.0 Å². The lowest BCUT2D eigenvalue weighted by Crippen LogP contribution is -2.27. The molecule has 1 atom stereocenters. The van der Waals surface area contributed by atoms with Gasteiger partial charge in [-0.1, -0.05) is 24.6 Å². The highest BCUT2D eigenvalue weighted by molar-refractivity contribution is 6.31. The van der Waals surface area contributed by atoms with Gasteiger partial charge in [0.1, 0.15) is 5.75 Å². The van der Waals surface area contributed by atoms with Crippen LogP contribution in [-0.4, -0.2) is 19.7 Å². The number of ether oxygens (including phenoxy) is 1. The second-order valence-corrected chi connectivity index (χ2v) is 4.38. The Balaban J connectivity index is 2.48. The molecule has 0 aliphatic carbocycles. The summed E-state index contributed by atoms with van der Waals surface area (Å²) in [7, 11) is 1.65. The highest BCUT2D eigenvalue weighted by Crippen LogP contribution is 2.22. The molecule has 0 bridgehead atoms. The van der Waals surface area contributed by atoms with Crippen molar-refractivity contribution in [1.82, 2.24) is 5.32 Å². The number of hydrogen-bond acceptors (Lipinski definition) is 2. The van der Waals surface area contributed by atoms with Gasteiger partial charge in [-0.15, -0.1) is 0 Å². The van der Waals surface area contributed by atoms with Crippen LogP contribution in [0.5, 0.6) is 5.75 Å². The molecule has 0 aromatic heterocycles. The van der Waals surface area contributed by atoms with E-state index in [4.69, 9.17) is 16.3 Å². The molecule has 0 amide bonds. The lowest BCUT2D eigenvalue weighted by atomic mass is 10.1. The van der Waals surface area contributed by atoms with Crippen molar-refractivity contribution in [2.45, 2.75) is 32.7 Å². The van der Waals surface area contributed by atoms with Gasteiger partial charge in [-0.2, -0.15) is 0 Å². The number of methoxy groups -OCH3 is 1. The van der Waals surface area contributed by atoms with Gasteiger partial charge in [0.15, 0.2) is 0 Å². The van der Waals surface area contributed by atoms with E-state index in [9.17, 15) is 0 Å². The molecule has 1 unspecified atom stereocenters. The molecular formula is C13H20ClNO. The van der Waals surface area contributed by atoms with Crippen molar-refractivity contribution in [2.24, 2.45) is 0 Å². The summed E-state index contributed by atoms with van der Waals surface area (Å²) in [6.07, 6.45) is 2.10. The summed E-state index contributed by atoms with van der Waals surface area (Å²) < 4.78 is 5.11.